The number of benzene rings is 1. The first kappa shape index (κ1) is 20.0. The lowest BCUT2D eigenvalue weighted by molar-refractivity contribution is -0.123. The number of nitrogens with zero attached hydrogens (tertiary/aromatic N) is 2. The van der Waals surface area contributed by atoms with Crippen molar-refractivity contribution in [2.24, 2.45) is 0 Å². The lowest BCUT2D eigenvalue weighted by atomic mass is 10.1. The van der Waals surface area contributed by atoms with Crippen molar-refractivity contribution in [1.29, 1.82) is 0 Å². The Kier molecular flexibility index (Phi) is 5.87. The Morgan fingerprint density at radius 2 is 1.66 bits per heavy atom. The van der Waals surface area contributed by atoms with Gasteiger partial charge in [0, 0.05) is 29.1 Å². The van der Waals surface area contributed by atoms with Crippen LogP contribution in [0.15, 0.2) is 67.0 Å². The monoisotopic (exact) mass is 400 g/mol. The van der Waals surface area contributed by atoms with Gasteiger partial charge in [-0.05, 0) is 36.4 Å². The molecule has 2 heterocycles. The average Bonchev–Trinajstić information content (AvgIpc) is 2.73. The van der Waals surface area contributed by atoms with E-state index in [9.17, 15) is 22.8 Å². The number of halogens is 3. The molecule has 0 bridgehead atoms. The number of aromatic nitrogens is 2. The molecule has 6 nitrogen and oxygen atoms in total. The molecule has 29 heavy (non-hydrogen) atoms. The Labute approximate surface area is 163 Å². The molecule has 2 amide bonds. The number of nitrogens with one attached hydrogen (secondary N) is 2. The first-order valence-corrected chi connectivity index (χ1v) is 8.46. The Bertz CT molecular complexity index is 1010. The van der Waals surface area contributed by atoms with Crippen LogP contribution in [0.4, 0.5) is 19.0 Å². The SMILES string of the molecule is O=C(NCC(F)(F)F)c1ccnc(-c2ccc(NC(=O)c3ccccc3)nc2)c1. The van der Waals surface area contributed by atoms with Crippen LogP contribution in [0, 0.1) is 0 Å². The fourth-order valence-electron chi connectivity index (χ4n) is 2.41. The number of anilines is 1. The molecule has 148 valence electrons. The quantitative estimate of drug-likeness (QED) is 0.684. The Balaban J connectivity index is 1.70. The summed E-state index contributed by atoms with van der Waals surface area (Å²) in [5.41, 5.74) is 1.42. The molecular formula is C20H15F3N4O2. The number of alkyl halides is 3. The van der Waals surface area contributed by atoms with Crippen molar-refractivity contribution in [2.45, 2.75) is 6.18 Å². The maximum atomic E-state index is 12.2. The minimum Gasteiger partial charge on any atom is -0.343 e. The predicted octanol–water partition coefficient (Wildman–Crippen LogP) is 3.69. The van der Waals surface area contributed by atoms with Gasteiger partial charge in [0.2, 0.25) is 0 Å². The second kappa shape index (κ2) is 8.51. The molecule has 3 rings (SSSR count). The summed E-state index contributed by atoms with van der Waals surface area (Å²) in [4.78, 5) is 32.3. The number of pyridine rings is 2. The summed E-state index contributed by atoms with van der Waals surface area (Å²) in [5.74, 6) is -0.848. The van der Waals surface area contributed by atoms with Crippen LogP contribution in [0.25, 0.3) is 11.3 Å². The van der Waals surface area contributed by atoms with Gasteiger partial charge < -0.3 is 10.6 Å². The van der Waals surface area contributed by atoms with Crippen LogP contribution in [0.2, 0.25) is 0 Å². The number of hydrogen-bond acceptors (Lipinski definition) is 4. The molecule has 2 aromatic heterocycles. The zero-order valence-corrected chi connectivity index (χ0v) is 14.9. The van der Waals surface area contributed by atoms with Crippen molar-refractivity contribution >= 4 is 17.6 Å². The van der Waals surface area contributed by atoms with Gasteiger partial charge in [0.05, 0.1) is 5.69 Å². The van der Waals surface area contributed by atoms with Crippen molar-refractivity contribution in [3.63, 3.8) is 0 Å². The van der Waals surface area contributed by atoms with E-state index in [2.05, 4.69) is 15.3 Å². The molecule has 9 heteroatoms. The third-order valence-corrected chi connectivity index (χ3v) is 3.81. The van der Waals surface area contributed by atoms with Gasteiger partial charge in [-0.1, -0.05) is 18.2 Å². The highest BCUT2D eigenvalue weighted by Gasteiger charge is 2.28. The summed E-state index contributed by atoms with van der Waals surface area (Å²) in [6, 6.07) is 14.5. The van der Waals surface area contributed by atoms with Crippen LogP contribution in [-0.2, 0) is 0 Å². The number of amides is 2. The van der Waals surface area contributed by atoms with E-state index in [-0.39, 0.29) is 11.5 Å². The molecule has 0 aliphatic rings. The maximum absolute atomic E-state index is 12.2. The minimum atomic E-state index is -4.49. The van der Waals surface area contributed by atoms with Gasteiger partial charge in [-0.2, -0.15) is 13.2 Å². The Hall–Kier alpha value is -3.75. The van der Waals surface area contributed by atoms with Crippen LogP contribution in [0.5, 0.6) is 0 Å². The molecule has 0 aliphatic heterocycles. The largest absolute Gasteiger partial charge is 0.405 e. The zero-order valence-electron chi connectivity index (χ0n) is 14.9. The van der Waals surface area contributed by atoms with Gasteiger partial charge in [-0.15, -0.1) is 0 Å². The van der Waals surface area contributed by atoms with Crippen molar-refractivity contribution < 1.29 is 22.8 Å². The molecule has 0 spiro atoms. The normalized spacial score (nSPS) is 11.0. The third-order valence-electron chi connectivity index (χ3n) is 3.81. The van der Waals surface area contributed by atoms with Crippen LogP contribution in [-0.4, -0.2) is 34.5 Å². The third kappa shape index (κ3) is 5.61. The molecule has 0 atom stereocenters. The Morgan fingerprint density at radius 1 is 0.897 bits per heavy atom. The highest BCUT2D eigenvalue weighted by Crippen LogP contribution is 2.19. The highest BCUT2D eigenvalue weighted by atomic mass is 19.4. The Morgan fingerprint density at radius 3 is 2.31 bits per heavy atom. The second-order valence-corrected chi connectivity index (χ2v) is 5.98. The van der Waals surface area contributed by atoms with E-state index in [0.29, 0.717) is 22.6 Å². The molecule has 0 fully saturated rings. The lowest BCUT2D eigenvalue weighted by Crippen LogP contribution is -2.33. The summed E-state index contributed by atoms with van der Waals surface area (Å²) >= 11 is 0. The van der Waals surface area contributed by atoms with Crippen molar-refractivity contribution in [3.05, 3.63) is 78.1 Å². The van der Waals surface area contributed by atoms with Gasteiger partial charge in [0.25, 0.3) is 11.8 Å². The van der Waals surface area contributed by atoms with E-state index < -0.39 is 18.6 Å². The van der Waals surface area contributed by atoms with E-state index in [0.717, 1.165) is 0 Å². The maximum Gasteiger partial charge on any atom is 0.405 e. The first-order valence-electron chi connectivity index (χ1n) is 8.46. The number of carbonyl (C=O) groups is 2. The van der Waals surface area contributed by atoms with Crippen LogP contribution < -0.4 is 10.6 Å². The number of carbonyl (C=O) groups excluding carboxylic acids is 2. The smallest absolute Gasteiger partial charge is 0.343 e. The van der Waals surface area contributed by atoms with Crippen molar-refractivity contribution in [1.82, 2.24) is 15.3 Å². The molecular weight excluding hydrogens is 385 g/mol. The fourth-order valence-corrected chi connectivity index (χ4v) is 2.41. The van der Waals surface area contributed by atoms with E-state index in [1.165, 1.54) is 24.5 Å². The van der Waals surface area contributed by atoms with Crippen LogP contribution >= 0.6 is 0 Å². The van der Waals surface area contributed by atoms with Gasteiger partial charge in [-0.25, -0.2) is 4.98 Å². The van der Waals surface area contributed by atoms with Gasteiger partial charge in [-0.3, -0.25) is 14.6 Å². The molecule has 1 aromatic carbocycles. The number of rotatable bonds is 5. The van der Waals surface area contributed by atoms with Crippen LogP contribution in [0.3, 0.4) is 0 Å². The van der Waals surface area contributed by atoms with E-state index in [1.807, 2.05) is 5.32 Å². The van der Waals surface area contributed by atoms with E-state index in [4.69, 9.17) is 0 Å². The molecule has 0 saturated carbocycles. The zero-order chi connectivity index (χ0) is 20.9. The van der Waals surface area contributed by atoms with Gasteiger partial charge >= 0.3 is 6.18 Å². The highest BCUT2D eigenvalue weighted by molar-refractivity contribution is 6.03. The van der Waals surface area contributed by atoms with Crippen LogP contribution in [0.1, 0.15) is 20.7 Å². The summed E-state index contributed by atoms with van der Waals surface area (Å²) in [6.45, 7) is -1.42. The molecule has 0 aliphatic carbocycles. The molecule has 2 N–H and O–H groups in total. The van der Waals surface area contributed by atoms with E-state index in [1.54, 1.807) is 42.5 Å². The van der Waals surface area contributed by atoms with Crippen molar-refractivity contribution in [3.8, 4) is 11.3 Å². The van der Waals surface area contributed by atoms with Crippen molar-refractivity contribution in [2.75, 3.05) is 11.9 Å². The average molecular weight is 400 g/mol. The minimum absolute atomic E-state index is 0.0423. The second-order valence-electron chi connectivity index (χ2n) is 5.98. The lowest BCUT2D eigenvalue weighted by Gasteiger charge is -2.09. The summed E-state index contributed by atoms with van der Waals surface area (Å²) in [6.07, 6.45) is -1.72. The first-order chi connectivity index (χ1) is 13.8. The number of hydrogen-bond donors (Lipinski definition) is 2. The summed E-state index contributed by atoms with van der Waals surface area (Å²) in [7, 11) is 0. The van der Waals surface area contributed by atoms with Gasteiger partial charge in [0.15, 0.2) is 0 Å². The fraction of sp³-hybridized carbons (Fsp3) is 0.100. The van der Waals surface area contributed by atoms with Gasteiger partial charge in [0.1, 0.15) is 12.4 Å². The standard InChI is InChI=1S/C20H15F3N4O2/c21-20(22,23)12-26-18(28)14-8-9-24-16(10-14)15-6-7-17(25-11-15)27-19(29)13-4-2-1-3-5-13/h1-11H,12H2,(H,26,28)(H,25,27,29). The molecule has 0 saturated heterocycles. The molecule has 0 radical (unpaired) electrons. The summed E-state index contributed by atoms with van der Waals surface area (Å²) in [5, 5.41) is 4.47. The molecule has 0 unspecified atom stereocenters. The predicted molar refractivity (Wildman–Crippen MR) is 100 cm³/mol. The topological polar surface area (TPSA) is 84.0 Å². The van der Waals surface area contributed by atoms with E-state index >= 15 is 0 Å². The molecule has 3 aromatic rings. The summed E-state index contributed by atoms with van der Waals surface area (Å²) < 4.78 is 36.7.